The number of para-hydroxylation sites is 1. The lowest BCUT2D eigenvalue weighted by Crippen LogP contribution is -2.26. The van der Waals surface area contributed by atoms with Crippen LogP contribution < -0.4 is 15.5 Å². The van der Waals surface area contributed by atoms with E-state index >= 15 is 0 Å². The number of aromatic nitrogens is 1. The van der Waals surface area contributed by atoms with E-state index in [1.54, 1.807) is 23.6 Å². The van der Waals surface area contributed by atoms with Gasteiger partial charge in [-0.1, -0.05) is 28.8 Å². The van der Waals surface area contributed by atoms with E-state index in [2.05, 4.69) is 14.8 Å². The first-order chi connectivity index (χ1) is 13.8. The molecule has 0 spiro atoms. The van der Waals surface area contributed by atoms with Crippen molar-refractivity contribution in [3.05, 3.63) is 69.3 Å². The Morgan fingerprint density at radius 3 is 2.76 bits per heavy atom. The standard InChI is InChI=1S/C19H15F2IN2O4S/c1-22-19(20,21)28-14-6-3-2-5-11(14)10-23-18(27)16-17(26)13(25)9-12(24-16)15-7-4-8-29-15/h2-9,26H,1,10H2,(H,23,27)(H,24,25). The summed E-state index contributed by atoms with van der Waals surface area (Å²) in [5.41, 5.74) is -0.321. The van der Waals surface area contributed by atoms with Gasteiger partial charge < -0.3 is 20.1 Å². The minimum Gasteiger partial charge on any atom is -0.503 e. The van der Waals surface area contributed by atoms with Gasteiger partial charge in [0.1, 0.15) is 5.75 Å². The zero-order valence-corrected chi connectivity index (χ0v) is 17.7. The van der Waals surface area contributed by atoms with Crippen molar-refractivity contribution in [2.45, 2.75) is 10.7 Å². The third kappa shape index (κ3) is 5.07. The summed E-state index contributed by atoms with van der Waals surface area (Å²) < 4.78 is 31.8. The van der Waals surface area contributed by atoms with Crippen LogP contribution in [0.4, 0.5) is 8.78 Å². The zero-order chi connectivity index (χ0) is 21.0. The Labute approximate surface area is 177 Å². The number of alkyl halides is 3. The quantitative estimate of drug-likeness (QED) is 0.316. The maximum absolute atomic E-state index is 13.6. The number of benzene rings is 1. The number of carbonyl (C=O) groups is 1. The van der Waals surface area contributed by atoms with Gasteiger partial charge in [-0.3, -0.25) is 9.59 Å². The molecule has 3 aromatic rings. The Bertz CT molecular complexity index is 1100. The fraction of sp³-hybridized carbons (Fsp3) is 0.105. The molecule has 6 nitrogen and oxygen atoms in total. The second-order valence-corrected chi connectivity index (χ2v) is 8.69. The highest BCUT2D eigenvalue weighted by Gasteiger charge is 2.28. The summed E-state index contributed by atoms with van der Waals surface area (Å²) in [6.07, 6.45) is 0. The molecule has 0 unspecified atom stereocenters. The fourth-order valence-corrected chi connectivity index (χ4v) is 3.54. The van der Waals surface area contributed by atoms with E-state index in [1.165, 1.54) is 35.6 Å². The van der Waals surface area contributed by atoms with E-state index in [4.69, 9.17) is 4.74 Å². The van der Waals surface area contributed by atoms with Gasteiger partial charge in [-0.15, -0.1) is 11.3 Å². The highest BCUT2D eigenvalue weighted by atomic mass is 127. The number of carbonyl (C=O) groups excluding carboxylic acids is 1. The topological polar surface area (TPSA) is 91.4 Å². The number of hydrogen-bond acceptors (Lipinski definition) is 5. The molecule has 2 heterocycles. The lowest BCUT2D eigenvalue weighted by molar-refractivity contribution is -0.0698. The van der Waals surface area contributed by atoms with Gasteiger partial charge in [0.25, 0.3) is 5.91 Å². The first kappa shape index (κ1) is 21.1. The Morgan fingerprint density at radius 1 is 1.31 bits per heavy atom. The predicted octanol–water partition coefficient (Wildman–Crippen LogP) is 4.07. The van der Waals surface area contributed by atoms with Crippen molar-refractivity contribution < 1.29 is 23.4 Å². The van der Waals surface area contributed by atoms with Gasteiger partial charge in [0.2, 0.25) is 5.43 Å². The number of thiophene rings is 1. The van der Waals surface area contributed by atoms with Gasteiger partial charge in [0, 0.05) is 38.9 Å². The van der Waals surface area contributed by atoms with Crippen LogP contribution >= 0.6 is 32.1 Å². The molecule has 0 saturated carbocycles. The first-order valence-electron chi connectivity index (χ1n) is 8.13. The molecule has 0 atom stereocenters. The highest BCUT2D eigenvalue weighted by molar-refractivity contribution is 14.2. The van der Waals surface area contributed by atoms with Gasteiger partial charge in [0.05, 0.1) is 10.6 Å². The SMILES string of the molecule is C=IC(F)(F)Oc1ccccc1CNC(=O)c1[nH]c(-c2cccs2)cc(=O)c1O. The molecule has 0 aliphatic heterocycles. The van der Waals surface area contributed by atoms with Gasteiger partial charge in [-0.05, 0) is 17.5 Å². The van der Waals surface area contributed by atoms with Crippen LogP contribution in [0.2, 0.25) is 0 Å². The third-order valence-corrected chi connectivity index (χ3v) is 5.82. The zero-order valence-electron chi connectivity index (χ0n) is 14.7. The number of amides is 1. The molecule has 3 N–H and O–H groups in total. The molecule has 0 aliphatic rings. The van der Waals surface area contributed by atoms with Gasteiger partial charge in [-0.2, -0.15) is 8.78 Å². The summed E-state index contributed by atoms with van der Waals surface area (Å²) in [7, 11) is 0. The summed E-state index contributed by atoms with van der Waals surface area (Å²) in [5, 5.41) is 14.3. The molecule has 29 heavy (non-hydrogen) atoms. The normalized spacial score (nSPS) is 11.2. The summed E-state index contributed by atoms with van der Waals surface area (Å²) >= 11 is -0.375. The molecule has 0 aliphatic carbocycles. The average molecular weight is 532 g/mol. The van der Waals surface area contributed by atoms with Crippen molar-refractivity contribution in [1.29, 1.82) is 0 Å². The Hall–Kier alpha value is -2.60. The second-order valence-electron chi connectivity index (χ2n) is 5.72. The lowest BCUT2D eigenvalue weighted by atomic mass is 10.2. The van der Waals surface area contributed by atoms with Gasteiger partial charge in [-0.25, -0.2) is 0 Å². The van der Waals surface area contributed by atoms with Crippen molar-refractivity contribution in [3.8, 4) is 22.1 Å². The minimum atomic E-state index is -3.34. The average Bonchev–Trinajstić information content (AvgIpc) is 3.23. The maximum Gasteiger partial charge on any atom is 0.445 e. The number of aromatic amines is 1. The monoisotopic (exact) mass is 532 g/mol. The van der Waals surface area contributed by atoms with Crippen LogP contribution in [0.1, 0.15) is 16.1 Å². The molecule has 0 bridgehead atoms. The molecule has 1 amide bonds. The van der Waals surface area contributed by atoms with Crippen molar-refractivity contribution in [3.63, 3.8) is 0 Å². The number of ether oxygens (including phenoxy) is 1. The van der Waals surface area contributed by atoms with Crippen LogP contribution in [0.25, 0.3) is 10.6 Å². The van der Waals surface area contributed by atoms with Gasteiger partial charge in [0.15, 0.2) is 11.4 Å². The van der Waals surface area contributed by atoms with Crippen LogP contribution in [-0.2, 0) is 6.54 Å². The summed E-state index contributed by atoms with van der Waals surface area (Å²) in [5.74, 6) is -1.56. The van der Waals surface area contributed by atoms with E-state index in [1.807, 2.05) is 0 Å². The number of aromatic hydroxyl groups is 1. The summed E-state index contributed by atoms with van der Waals surface area (Å²) in [4.78, 5) is 28.0. The van der Waals surface area contributed by atoms with Crippen LogP contribution in [-0.4, -0.2) is 24.6 Å². The van der Waals surface area contributed by atoms with Crippen LogP contribution in [0.5, 0.6) is 11.5 Å². The number of pyridine rings is 1. The van der Waals surface area contributed by atoms with Gasteiger partial charge >= 0.3 is 4.12 Å². The second kappa shape index (κ2) is 8.82. The largest absolute Gasteiger partial charge is 0.503 e. The van der Waals surface area contributed by atoms with Crippen LogP contribution in [0.3, 0.4) is 0 Å². The van der Waals surface area contributed by atoms with Crippen molar-refractivity contribution in [1.82, 2.24) is 10.3 Å². The molecule has 3 rings (SSSR count). The highest BCUT2D eigenvalue weighted by Crippen LogP contribution is 2.32. The molecular weight excluding hydrogens is 517 g/mol. The molecule has 1 aromatic carbocycles. The van der Waals surface area contributed by atoms with Crippen LogP contribution in [0.15, 0.2) is 52.6 Å². The smallest absolute Gasteiger partial charge is 0.445 e. The molecule has 0 saturated heterocycles. The Balaban J connectivity index is 1.82. The Morgan fingerprint density at radius 2 is 2.07 bits per heavy atom. The van der Waals surface area contributed by atoms with E-state index in [0.29, 0.717) is 16.1 Å². The molecule has 0 radical (unpaired) electrons. The molecule has 2 aromatic heterocycles. The van der Waals surface area contributed by atoms with Crippen molar-refractivity contribution in [2.24, 2.45) is 0 Å². The molecular formula is C19H15F2IN2O4S. The molecule has 152 valence electrons. The van der Waals surface area contributed by atoms with E-state index < -0.39 is 41.9 Å². The molecule has 0 fully saturated rings. The number of H-pyrrole nitrogens is 1. The first-order valence-corrected chi connectivity index (χ1v) is 11.6. The number of hydrogen-bond donors (Lipinski definition) is 3. The molecule has 10 heteroatoms. The third-order valence-electron chi connectivity index (χ3n) is 3.81. The number of halogens is 3. The van der Waals surface area contributed by atoms with Crippen molar-refractivity contribution in [2.75, 3.05) is 0 Å². The summed E-state index contributed by atoms with van der Waals surface area (Å²) in [6.45, 7) is -0.148. The maximum atomic E-state index is 13.6. The van der Waals surface area contributed by atoms with Crippen LogP contribution in [0, 0.1) is 0 Å². The summed E-state index contributed by atoms with van der Waals surface area (Å²) in [6, 6.07) is 10.8. The Kier molecular flexibility index (Phi) is 6.42. The number of nitrogens with one attached hydrogen (secondary N) is 2. The van der Waals surface area contributed by atoms with Crippen molar-refractivity contribution >= 4 is 42.5 Å². The fourth-order valence-electron chi connectivity index (χ4n) is 2.45. The van der Waals surface area contributed by atoms with E-state index in [0.717, 1.165) is 0 Å². The minimum absolute atomic E-state index is 0.0776. The van der Waals surface area contributed by atoms with E-state index in [-0.39, 0.29) is 18.0 Å². The predicted molar refractivity (Wildman–Crippen MR) is 116 cm³/mol. The lowest BCUT2D eigenvalue weighted by Gasteiger charge is -2.16. The van der Waals surface area contributed by atoms with E-state index in [9.17, 15) is 23.5 Å². The number of rotatable bonds is 7.